The molecule has 0 aliphatic heterocycles. The Balaban J connectivity index is 3.20. The van der Waals surface area contributed by atoms with E-state index in [2.05, 4.69) is 0 Å². The van der Waals surface area contributed by atoms with Gasteiger partial charge in [-0.05, 0) is 24.6 Å². The van der Waals surface area contributed by atoms with Crippen molar-refractivity contribution in [3.63, 3.8) is 0 Å². The average Bonchev–Trinajstić information content (AvgIpc) is 2.26. The van der Waals surface area contributed by atoms with Gasteiger partial charge >= 0.3 is 0 Å². The zero-order valence-electron chi connectivity index (χ0n) is 9.23. The standard InChI is InChI=1S/C12H14O4/c1-8(14)3-4-9-5-6-11(16-2)12(15)10(9)7-13/h3-6,13,15H,7H2,1-2H3/b4-3+. The summed E-state index contributed by atoms with van der Waals surface area (Å²) in [4.78, 5) is 10.8. The molecular weight excluding hydrogens is 208 g/mol. The molecule has 0 radical (unpaired) electrons. The van der Waals surface area contributed by atoms with Crippen molar-refractivity contribution in [3.05, 3.63) is 29.3 Å². The van der Waals surface area contributed by atoms with Gasteiger partial charge in [0.05, 0.1) is 13.7 Å². The van der Waals surface area contributed by atoms with Gasteiger partial charge in [0.25, 0.3) is 0 Å². The Bertz CT molecular complexity index is 421. The summed E-state index contributed by atoms with van der Waals surface area (Å²) in [6, 6.07) is 3.25. The second-order valence-electron chi connectivity index (χ2n) is 3.29. The minimum Gasteiger partial charge on any atom is -0.504 e. The van der Waals surface area contributed by atoms with E-state index in [1.165, 1.54) is 20.1 Å². The fourth-order valence-electron chi connectivity index (χ4n) is 1.32. The maximum atomic E-state index is 10.8. The molecule has 0 unspecified atom stereocenters. The van der Waals surface area contributed by atoms with Crippen LogP contribution in [-0.2, 0) is 11.4 Å². The smallest absolute Gasteiger partial charge is 0.163 e. The summed E-state index contributed by atoms with van der Waals surface area (Å²) in [6.07, 6.45) is 2.92. The average molecular weight is 222 g/mol. The summed E-state index contributed by atoms with van der Waals surface area (Å²) >= 11 is 0. The number of benzene rings is 1. The lowest BCUT2D eigenvalue weighted by molar-refractivity contribution is -0.112. The van der Waals surface area contributed by atoms with Crippen LogP contribution < -0.4 is 4.74 Å². The fourth-order valence-corrected chi connectivity index (χ4v) is 1.32. The third-order valence-electron chi connectivity index (χ3n) is 2.16. The van der Waals surface area contributed by atoms with Gasteiger partial charge in [-0.25, -0.2) is 0 Å². The molecule has 0 spiro atoms. The summed E-state index contributed by atoms with van der Waals surface area (Å²) in [5.41, 5.74) is 0.938. The molecule has 16 heavy (non-hydrogen) atoms. The first kappa shape index (κ1) is 12.3. The number of ketones is 1. The number of aliphatic hydroxyl groups excluding tert-OH is 1. The Morgan fingerprint density at radius 3 is 2.69 bits per heavy atom. The molecule has 1 aromatic rings. The van der Waals surface area contributed by atoms with Crippen LogP contribution in [0, 0.1) is 0 Å². The second kappa shape index (κ2) is 5.32. The molecule has 0 bridgehead atoms. The molecule has 0 heterocycles. The van der Waals surface area contributed by atoms with E-state index in [9.17, 15) is 9.90 Å². The van der Waals surface area contributed by atoms with Crippen molar-refractivity contribution in [1.82, 2.24) is 0 Å². The highest BCUT2D eigenvalue weighted by Crippen LogP contribution is 2.32. The molecular formula is C12H14O4. The number of rotatable bonds is 4. The first-order valence-corrected chi connectivity index (χ1v) is 4.78. The molecule has 0 atom stereocenters. The van der Waals surface area contributed by atoms with Crippen molar-refractivity contribution in [1.29, 1.82) is 0 Å². The molecule has 0 saturated carbocycles. The Kier molecular flexibility index (Phi) is 4.08. The highest BCUT2D eigenvalue weighted by atomic mass is 16.5. The third-order valence-corrected chi connectivity index (χ3v) is 2.16. The van der Waals surface area contributed by atoms with Crippen LogP contribution in [0.15, 0.2) is 18.2 Å². The largest absolute Gasteiger partial charge is 0.504 e. The van der Waals surface area contributed by atoms with E-state index in [4.69, 9.17) is 9.84 Å². The predicted octanol–water partition coefficient (Wildman–Crippen LogP) is 1.50. The van der Waals surface area contributed by atoms with Crippen molar-refractivity contribution in [2.75, 3.05) is 7.11 Å². The van der Waals surface area contributed by atoms with E-state index in [-0.39, 0.29) is 18.1 Å². The van der Waals surface area contributed by atoms with Gasteiger partial charge in [-0.3, -0.25) is 4.79 Å². The van der Waals surface area contributed by atoms with Gasteiger partial charge in [-0.2, -0.15) is 0 Å². The lowest BCUT2D eigenvalue weighted by Crippen LogP contribution is -1.93. The number of hydrogen-bond acceptors (Lipinski definition) is 4. The van der Waals surface area contributed by atoms with Crippen molar-refractivity contribution in [2.24, 2.45) is 0 Å². The molecule has 0 aromatic heterocycles. The number of allylic oxidation sites excluding steroid dienone is 1. The number of phenols is 1. The summed E-state index contributed by atoms with van der Waals surface area (Å²) in [5, 5.41) is 18.9. The highest BCUT2D eigenvalue weighted by Gasteiger charge is 2.10. The van der Waals surface area contributed by atoms with Crippen molar-refractivity contribution in [3.8, 4) is 11.5 Å². The monoisotopic (exact) mass is 222 g/mol. The van der Waals surface area contributed by atoms with E-state index >= 15 is 0 Å². The number of aromatic hydroxyl groups is 1. The summed E-state index contributed by atoms with van der Waals surface area (Å²) in [7, 11) is 1.43. The molecule has 2 N–H and O–H groups in total. The number of aliphatic hydroxyl groups is 1. The lowest BCUT2D eigenvalue weighted by atomic mass is 10.1. The van der Waals surface area contributed by atoms with Crippen LogP contribution in [0.25, 0.3) is 6.08 Å². The molecule has 0 aliphatic rings. The minimum atomic E-state index is -0.319. The number of carbonyl (C=O) groups is 1. The predicted molar refractivity (Wildman–Crippen MR) is 60.3 cm³/mol. The normalized spacial score (nSPS) is 10.7. The third kappa shape index (κ3) is 2.61. The van der Waals surface area contributed by atoms with Gasteiger partial charge in [-0.15, -0.1) is 0 Å². The summed E-state index contributed by atoms with van der Waals surface area (Å²) in [5.74, 6) is 0.0962. The van der Waals surface area contributed by atoms with Gasteiger partial charge in [0, 0.05) is 5.56 Å². The topological polar surface area (TPSA) is 66.8 Å². The minimum absolute atomic E-state index is 0.0980. The Hall–Kier alpha value is -1.81. The Morgan fingerprint density at radius 2 is 2.19 bits per heavy atom. The number of carbonyl (C=O) groups excluding carboxylic acids is 1. The number of methoxy groups -OCH3 is 1. The van der Waals surface area contributed by atoms with Crippen molar-refractivity contribution < 1.29 is 19.7 Å². The molecule has 0 amide bonds. The molecule has 0 aliphatic carbocycles. The highest BCUT2D eigenvalue weighted by molar-refractivity contribution is 5.91. The van der Waals surface area contributed by atoms with Gasteiger partial charge in [-0.1, -0.05) is 12.1 Å². The number of ether oxygens (including phenoxy) is 1. The van der Waals surface area contributed by atoms with Crippen LogP contribution in [-0.4, -0.2) is 23.1 Å². The van der Waals surface area contributed by atoms with Crippen LogP contribution in [0.5, 0.6) is 11.5 Å². The maximum Gasteiger partial charge on any atom is 0.163 e. The van der Waals surface area contributed by atoms with Crippen LogP contribution in [0.1, 0.15) is 18.1 Å². The summed E-state index contributed by atoms with van der Waals surface area (Å²) in [6.45, 7) is 1.11. The lowest BCUT2D eigenvalue weighted by Gasteiger charge is -2.09. The van der Waals surface area contributed by atoms with E-state index < -0.39 is 0 Å². The van der Waals surface area contributed by atoms with Crippen LogP contribution >= 0.6 is 0 Å². The molecule has 0 fully saturated rings. The molecule has 1 aromatic carbocycles. The van der Waals surface area contributed by atoms with Crippen LogP contribution in [0.2, 0.25) is 0 Å². The molecule has 4 heteroatoms. The van der Waals surface area contributed by atoms with Gasteiger partial charge < -0.3 is 14.9 Å². The Labute approximate surface area is 93.8 Å². The van der Waals surface area contributed by atoms with E-state index in [0.29, 0.717) is 16.9 Å². The van der Waals surface area contributed by atoms with E-state index in [1.54, 1.807) is 18.2 Å². The van der Waals surface area contributed by atoms with E-state index in [1.807, 2.05) is 0 Å². The molecule has 4 nitrogen and oxygen atoms in total. The molecule has 0 saturated heterocycles. The zero-order valence-corrected chi connectivity index (χ0v) is 9.23. The van der Waals surface area contributed by atoms with Gasteiger partial charge in [0.2, 0.25) is 0 Å². The fraction of sp³-hybridized carbons (Fsp3) is 0.250. The maximum absolute atomic E-state index is 10.8. The molecule has 86 valence electrons. The van der Waals surface area contributed by atoms with Crippen molar-refractivity contribution >= 4 is 11.9 Å². The van der Waals surface area contributed by atoms with E-state index in [0.717, 1.165) is 0 Å². The molecule has 1 rings (SSSR count). The zero-order chi connectivity index (χ0) is 12.1. The SMILES string of the molecule is COc1ccc(/C=C/C(C)=O)c(CO)c1O. The number of hydrogen-bond donors (Lipinski definition) is 2. The quantitative estimate of drug-likeness (QED) is 0.757. The van der Waals surface area contributed by atoms with Gasteiger partial charge in [0.15, 0.2) is 17.3 Å². The Morgan fingerprint density at radius 1 is 1.50 bits per heavy atom. The van der Waals surface area contributed by atoms with Gasteiger partial charge in [0.1, 0.15) is 0 Å². The summed E-state index contributed by atoms with van der Waals surface area (Å²) < 4.78 is 4.92. The van der Waals surface area contributed by atoms with Crippen molar-refractivity contribution in [2.45, 2.75) is 13.5 Å². The van der Waals surface area contributed by atoms with Crippen LogP contribution in [0.3, 0.4) is 0 Å². The van der Waals surface area contributed by atoms with Crippen LogP contribution in [0.4, 0.5) is 0 Å². The first-order chi connectivity index (χ1) is 7.60. The second-order valence-corrected chi connectivity index (χ2v) is 3.29. The first-order valence-electron chi connectivity index (χ1n) is 4.78.